The van der Waals surface area contributed by atoms with E-state index in [1.165, 1.54) is 24.3 Å². The van der Waals surface area contributed by atoms with E-state index >= 15 is 0 Å². The van der Waals surface area contributed by atoms with Crippen LogP contribution in [0.25, 0.3) is 0 Å². The second-order valence-electron chi connectivity index (χ2n) is 7.31. The summed E-state index contributed by atoms with van der Waals surface area (Å²) in [6.07, 6.45) is -0.819. The molecule has 8 nitrogen and oxygen atoms in total. The molecule has 178 valence electrons. The van der Waals surface area contributed by atoms with Crippen molar-refractivity contribution in [1.82, 2.24) is 4.98 Å². The molecule has 1 aromatic heterocycles. The molecular weight excluding hydrogens is 475 g/mol. The first-order valence-corrected chi connectivity index (χ1v) is 11.3. The molecule has 3 aromatic rings. The molecule has 0 bridgehead atoms. The predicted octanol–water partition coefficient (Wildman–Crippen LogP) is 4.55. The molecule has 0 unspecified atom stereocenters. The Bertz CT molecular complexity index is 1300. The van der Waals surface area contributed by atoms with Crippen molar-refractivity contribution in [2.45, 2.75) is 30.3 Å². The number of carbonyl (C=O) groups is 1. The average Bonchev–Trinajstić information content (AvgIpc) is 2.78. The number of hydrogen-bond donors (Lipinski definition) is 1. The van der Waals surface area contributed by atoms with Gasteiger partial charge in [-0.15, -0.1) is 0 Å². The zero-order valence-corrected chi connectivity index (χ0v) is 18.3. The summed E-state index contributed by atoms with van der Waals surface area (Å²) in [5.41, 5.74) is -1.29. The lowest BCUT2D eigenvalue weighted by atomic mass is 10.0. The number of nitrogens with one attached hydrogen (secondary N) is 1. The second-order valence-corrected chi connectivity index (χ2v) is 9.00. The van der Waals surface area contributed by atoms with Crippen molar-refractivity contribution >= 4 is 27.2 Å². The number of carbonyl (C=O) groups excluding carboxylic acids is 1. The van der Waals surface area contributed by atoms with Crippen molar-refractivity contribution in [2.75, 3.05) is 4.72 Å². The Morgan fingerprint density at radius 2 is 1.76 bits per heavy atom. The van der Waals surface area contributed by atoms with E-state index in [2.05, 4.69) is 9.71 Å². The van der Waals surface area contributed by atoms with Crippen LogP contribution < -0.4 is 4.72 Å². The van der Waals surface area contributed by atoms with Gasteiger partial charge in [0.25, 0.3) is 15.7 Å². The van der Waals surface area contributed by atoms with Crippen molar-refractivity contribution in [3.05, 3.63) is 93.8 Å². The smallest absolute Gasteiger partial charge is 0.299 e. The number of sulfonamides is 1. The Morgan fingerprint density at radius 3 is 2.35 bits per heavy atom. The summed E-state index contributed by atoms with van der Waals surface area (Å²) in [5.74, 6) is -0.0252. The summed E-state index contributed by atoms with van der Waals surface area (Å²) >= 11 is 0. The number of rotatable bonds is 9. The molecule has 0 atom stereocenters. The van der Waals surface area contributed by atoms with Crippen LogP contribution in [0.5, 0.6) is 0 Å². The topological polar surface area (TPSA) is 119 Å². The Labute approximate surface area is 192 Å². The molecule has 0 spiro atoms. The van der Waals surface area contributed by atoms with Crippen LogP contribution >= 0.6 is 0 Å². The summed E-state index contributed by atoms with van der Waals surface area (Å²) in [5, 5.41) is 10.9. The number of aromatic nitrogens is 1. The standard InChI is InChI=1S/C22H18F3N3O5S/c23-22(24,25)20-13-19(9-10-21(20)28(30)31)34(32,33)27-17-6-3-15(4-7-17)12-18(29)8-5-16-2-1-11-26-14-16/h1-4,6-7,9-11,13-14,27H,5,8,12H2. The van der Waals surface area contributed by atoms with E-state index in [1.807, 2.05) is 6.07 Å². The number of Topliss-reactive ketones (excluding diaryl/α,β-unsaturated/α-hetero) is 1. The van der Waals surface area contributed by atoms with Gasteiger partial charge in [-0.25, -0.2) is 8.42 Å². The number of alkyl halides is 3. The summed E-state index contributed by atoms with van der Waals surface area (Å²) < 4.78 is 66.7. The Hall–Kier alpha value is -3.80. The third-order valence-electron chi connectivity index (χ3n) is 4.80. The van der Waals surface area contributed by atoms with Gasteiger partial charge in [0, 0.05) is 37.0 Å². The monoisotopic (exact) mass is 493 g/mol. The average molecular weight is 493 g/mol. The molecule has 12 heteroatoms. The molecule has 3 rings (SSSR count). The molecule has 1 heterocycles. The molecule has 34 heavy (non-hydrogen) atoms. The molecule has 0 saturated heterocycles. The Balaban J connectivity index is 1.68. The summed E-state index contributed by atoms with van der Waals surface area (Å²) in [6.45, 7) is 0. The Morgan fingerprint density at radius 1 is 1.06 bits per heavy atom. The van der Waals surface area contributed by atoms with Gasteiger partial charge in [0.15, 0.2) is 0 Å². The van der Waals surface area contributed by atoms with Gasteiger partial charge < -0.3 is 0 Å². The van der Waals surface area contributed by atoms with E-state index in [4.69, 9.17) is 0 Å². The minimum absolute atomic E-state index is 0.0252. The van der Waals surface area contributed by atoms with Gasteiger partial charge >= 0.3 is 6.18 Å². The largest absolute Gasteiger partial charge is 0.423 e. The molecule has 1 N–H and O–H groups in total. The van der Waals surface area contributed by atoms with Gasteiger partial charge in [0.05, 0.1) is 9.82 Å². The van der Waals surface area contributed by atoms with Crippen molar-refractivity contribution in [3.8, 4) is 0 Å². The highest BCUT2D eigenvalue weighted by molar-refractivity contribution is 7.92. The molecule has 0 amide bonds. The molecule has 0 aliphatic rings. The minimum atomic E-state index is -5.11. The summed E-state index contributed by atoms with van der Waals surface area (Å²) in [4.78, 5) is 25.0. The van der Waals surface area contributed by atoms with Gasteiger partial charge in [-0.3, -0.25) is 24.6 Å². The molecular formula is C22H18F3N3O5S. The van der Waals surface area contributed by atoms with Gasteiger partial charge in [0.1, 0.15) is 11.3 Å². The number of anilines is 1. The van der Waals surface area contributed by atoms with E-state index < -0.39 is 37.3 Å². The van der Waals surface area contributed by atoms with Gasteiger partial charge in [0.2, 0.25) is 0 Å². The van der Waals surface area contributed by atoms with Crippen molar-refractivity contribution in [1.29, 1.82) is 0 Å². The number of benzene rings is 2. The van der Waals surface area contributed by atoms with Crippen LogP contribution in [-0.4, -0.2) is 24.1 Å². The molecule has 0 radical (unpaired) electrons. The number of nitro groups is 1. The zero-order valence-electron chi connectivity index (χ0n) is 17.4. The molecule has 2 aromatic carbocycles. The first kappa shape index (κ1) is 24.8. The lowest BCUT2D eigenvalue weighted by Crippen LogP contribution is -2.16. The van der Waals surface area contributed by atoms with E-state index in [1.54, 1.807) is 18.5 Å². The maximum Gasteiger partial charge on any atom is 0.423 e. The quantitative estimate of drug-likeness (QED) is 0.345. The van der Waals surface area contributed by atoms with E-state index in [9.17, 15) is 36.5 Å². The van der Waals surface area contributed by atoms with Crippen LogP contribution in [0.15, 0.2) is 71.9 Å². The van der Waals surface area contributed by atoms with Crippen LogP contribution in [0, 0.1) is 10.1 Å². The van der Waals surface area contributed by atoms with Crippen LogP contribution in [0.3, 0.4) is 0 Å². The fraction of sp³-hybridized carbons (Fsp3) is 0.182. The lowest BCUT2D eigenvalue weighted by molar-refractivity contribution is -0.388. The highest BCUT2D eigenvalue weighted by Gasteiger charge is 2.39. The summed E-state index contributed by atoms with van der Waals surface area (Å²) in [7, 11) is -4.46. The first-order valence-electron chi connectivity index (χ1n) is 9.84. The van der Waals surface area contributed by atoms with Crippen LogP contribution in [0.4, 0.5) is 24.5 Å². The maximum atomic E-state index is 13.2. The van der Waals surface area contributed by atoms with Crippen LogP contribution in [-0.2, 0) is 33.8 Å². The first-order chi connectivity index (χ1) is 16.0. The zero-order chi connectivity index (χ0) is 24.9. The number of hydrogen-bond acceptors (Lipinski definition) is 6. The second kappa shape index (κ2) is 10.00. The lowest BCUT2D eigenvalue weighted by Gasteiger charge is -2.12. The molecule has 0 fully saturated rings. The molecule has 0 saturated carbocycles. The SMILES string of the molecule is O=C(CCc1cccnc1)Cc1ccc(NS(=O)(=O)c2ccc([N+](=O)[O-])c(C(F)(F)F)c2)cc1. The third-order valence-corrected chi connectivity index (χ3v) is 6.18. The van der Waals surface area contributed by atoms with Crippen molar-refractivity contribution in [3.63, 3.8) is 0 Å². The highest BCUT2D eigenvalue weighted by atomic mass is 32.2. The van der Waals surface area contributed by atoms with Gasteiger partial charge in [-0.05, 0) is 47.9 Å². The number of ketones is 1. The highest BCUT2D eigenvalue weighted by Crippen LogP contribution is 2.37. The third kappa shape index (κ3) is 6.38. The minimum Gasteiger partial charge on any atom is -0.299 e. The molecule has 0 aliphatic carbocycles. The normalized spacial score (nSPS) is 11.7. The maximum absolute atomic E-state index is 13.2. The van der Waals surface area contributed by atoms with E-state index in [0.29, 0.717) is 24.5 Å². The number of aryl methyl sites for hydroxylation is 1. The summed E-state index contributed by atoms with van der Waals surface area (Å²) in [6, 6.07) is 10.9. The number of pyridine rings is 1. The van der Waals surface area contributed by atoms with E-state index in [-0.39, 0.29) is 24.0 Å². The molecule has 0 aliphatic heterocycles. The van der Waals surface area contributed by atoms with Gasteiger partial charge in [-0.1, -0.05) is 18.2 Å². The van der Waals surface area contributed by atoms with Crippen LogP contribution in [0.1, 0.15) is 23.1 Å². The van der Waals surface area contributed by atoms with Crippen molar-refractivity contribution in [2.24, 2.45) is 0 Å². The fourth-order valence-electron chi connectivity index (χ4n) is 3.12. The Kier molecular flexibility index (Phi) is 7.30. The van der Waals surface area contributed by atoms with Crippen LogP contribution in [0.2, 0.25) is 0 Å². The fourth-order valence-corrected chi connectivity index (χ4v) is 4.20. The van der Waals surface area contributed by atoms with E-state index in [0.717, 1.165) is 11.6 Å². The van der Waals surface area contributed by atoms with Crippen molar-refractivity contribution < 1.29 is 31.3 Å². The number of halogens is 3. The number of nitro benzene ring substituents is 1. The number of nitrogens with zero attached hydrogens (tertiary/aromatic N) is 2. The predicted molar refractivity (Wildman–Crippen MR) is 117 cm³/mol. The van der Waals surface area contributed by atoms with Gasteiger partial charge in [-0.2, -0.15) is 13.2 Å².